The van der Waals surface area contributed by atoms with Crippen molar-refractivity contribution >= 4 is 16.8 Å². The van der Waals surface area contributed by atoms with Gasteiger partial charge in [0, 0.05) is 5.92 Å². The van der Waals surface area contributed by atoms with Crippen molar-refractivity contribution in [2.45, 2.75) is 6.92 Å². The third-order valence-corrected chi connectivity index (χ3v) is 2.08. The highest BCUT2D eigenvalue weighted by Gasteiger charge is 2.11. The number of hydrogen-bond donors (Lipinski definition) is 1. The Kier molecular flexibility index (Phi) is 1.58. The van der Waals surface area contributed by atoms with Crippen molar-refractivity contribution in [2.24, 2.45) is 16.9 Å². The monoisotopic (exact) mass is 128 g/mol. The first kappa shape index (κ1) is 5.69. The highest BCUT2D eigenvalue weighted by molar-refractivity contribution is 8.16. The fraction of sp³-hybridized carbons (Fsp3) is 0.400. The molecule has 1 aliphatic rings. The molecule has 1 aliphatic heterocycles. The summed E-state index contributed by atoms with van der Waals surface area (Å²) in [6.07, 6.45) is 2.08. The van der Waals surface area contributed by atoms with Gasteiger partial charge in [0.2, 0.25) is 0 Å². The zero-order valence-corrected chi connectivity index (χ0v) is 5.48. The standard InChI is InChI=1S/C5H8N2S/c1-4-2-3-8-5(4)7-6/h2-4H,6H2,1H3. The number of hydrogen-bond acceptors (Lipinski definition) is 3. The maximum Gasteiger partial charge on any atom is 0.104 e. The first-order valence-electron chi connectivity index (χ1n) is 2.45. The van der Waals surface area contributed by atoms with E-state index in [1.54, 1.807) is 11.8 Å². The number of nitrogens with two attached hydrogens (primary N) is 1. The number of nitrogens with zero attached hydrogens (tertiary/aromatic N) is 1. The highest BCUT2D eigenvalue weighted by Crippen LogP contribution is 2.22. The van der Waals surface area contributed by atoms with Crippen molar-refractivity contribution in [1.82, 2.24) is 0 Å². The van der Waals surface area contributed by atoms with Crippen LogP contribution in [0, 0.1) is 5.92 Å². The third kappa shape index (κ3) is 0.865. The van der Waals surface area contributed by atoms with E-state index in [4.69, 9.17) is 5.84 Å². The van der Waals surface area contributed by atoms with Gasteiger partial charge in [0.25, 0.3) is 0 Å². The van der Waals surface area contributed by atoms with Gasteiger partial charge in [0.05, 0.1) is 0 Å². The lowest BCUT2D eigenvalue weighted by atomic mass is 10.2. The zero-order chi connectivity index (χ0) is 5.98. The predicted molar refractivity (Wildman–Crippen MR) is 37.5 cm³/mol. The topological polar surface area (TPSA) is 38.4 Å². The van der Waals surface area contributed by atoms with Crippen LogP contribution in [0.4, 0.5) is 0 Å². The molecule has 1 atom stereocenters. The summed E-state index contributed by atoms with van der Waals surface area (Å²) < 4.78 is 0. The molecule has 0 radical (unpaired) electrons. The van der Waals surface area contributed by atoms with E-state index in [1.807, 2.05) is 5.41 Å². The van der Waals surface area contributed by atoms with E-state index in [2.05, 4.69) is 18.1 Å². The van der Waals surface area contributed by atoms with Gasteiger partial charge in [-0.1, -0.05) is 24.8 Å². The first-order valence-corrected chi connectivity index (χ1v) is 3.33. The fourth-order valence-corrected chi connectivity index (χ4v) is 1.37. The van der Waals surface area contributed by atoms with Crippen LogP contribution in [-0.2, 0) is 0 Å². The van der Waals surface area contributed by atoms with Gasteiger partial charge in [-0.2, -0.15) is 5.10 Å². The average molecular weight is 128 g/mol. The van der Waals surface area contributed by atoms with E-state index >= 15 is 0 Å². The normalized spacial score (nSPS) is 32.1. The molecular formula is C5H8N2S. The fourth-order valence-electron chi connectivity index (χ4n) is 0.564. The molecule has 1 unspecified atom stereocenters. The molecule has 44 valence electrons. The Morgan fingerprint density at radius 3 is 2.88 bits per heavy atom. The number of thioether (sulfide) groups is 1. The van der Waals surface area contributed by atoms with Gasteiger partial charge in [-0.25, -0.2) is 0 Å². The van der Waals surface area contributed by atoms with Gasteiger partial charge in [-0.3, -0.25) is 0 Å². The summed E-state index contributed by atoms with van der Waals surface area (Å²) in [4.78, 5) is 0. The Hall–Kier alpha value is -0.440. The molecule has 3 heteroatoms. The minimum Gasteiger partial charge on any atom is -0.322 e. The van der Waals surface area contributed by atoms with Crippen LogP contribution < -0.4 is 5.84 Å². The van der Waals surface area contributed by atoms with E-state index in [0.29, 0.717) is 5.92 Å². The van der Waals surface area contributed by atoms with Crippen LogP contribution in [-0.4, -0.2) is 5.04 Å². The van der Waals surface area contributed by atoms with Crippen molar-refractivity contribution in [3.05, 3.63) is 11.5 Å². The van der Waals surface area contributed by atoms with E-state index in [-0.39, 0.29) is 0 Å². The van der Waals surface area contributed by atoms with Crippen LogP contribution in [0.1, 0.15) is 6.92 Å². The second-order valence-electron chi connectivity index (χ2n) is 1.70. The first-order chi connectivity index (χ1) is 3.84. The van der Waals surface area contributed by atoms with Crippen molar-refractivity contribution < 1.29 is 0 Å². The minimum atomic E-state index is 0.435. The molecule has 1 rings (SSSR count). The smallest absolute Gasteiger partial charge is 0.104 e. The SMILES string of the molecule is CC1C=CSC1=NN. The average Bonchev–Trinajstić information content (AvgIpc) is 2.14. The van der Waals surface area contributed by atoms with Gasteiger partial charge in [0.15, 0.2) is 0 Å². The second-order valence-corrected chi connectivity index (χ2v) is 2.63. The summed E-state index contributed by atoms with van der Waals surface area (Å²) in [5.74, 6) is 5.49. The highest BCUT2D eigenvalue weighted by atomic mass is 32.2. The Morgan fingerprint density at radius 1 is 1.88 bits per heavy atom. The summed E-state index contributed by atoms with van der Waals surface area (Å²) in [5.41, 5.74) is 0. The Labute approximate surface area is 52.8 Å². The van der Waals surface area contributed by atoms with Crippen LogP contribution in [0.2, 0.25) is 0 Å². The van der Waals surface area contributed by atoms with Gasteiger partial charge in [0.1, 0.15) is 5.04 Å². The molecule has 1 heterocycles. The minimum absolute atomic E-state index is 0.435. The zero-order valence-electron chi connectivity index (χ0n) is 4.66. The molecule has 0 aromatic carbocycles. The molecule has 0 fully saturated rings. The predicted octanol–water partition coefficient (Wildman–Crippen LogP) is 1.16. The molecule has 0 amide bonds. The molecular weight excluding hydrogens is 120 g/mol. The van der Waals surface area contributed by atoms with E-state index in [9.17, 15) is 0 Å². The van der Waals surface area contributed by atoms with Gasteiger partial charge < -0.3 is 5.84 Å². The lowest BCUT2D eigenvalue weighted by Gasteiger charge is -1.95. The molecule has 0 spiro atoms. The van der Waals surface area contributed by atoms with Crippen molar-refractivity contribution in [2.75, 3.05) is 0 Å². The quantitative estimate of drug-likeness (QED) is 0.392. The van der Waals surface area contributed by atoms with Crippen molar-refractivity contribution in [3.63, 3.8) is 0 Å². The molecule has 0 aliphatic carbocycles. The lowest BCUT2D eigenvalue weighted by molar-refractivity contribution is 1.01. The van der Waals surface area contributed by atoms with Crippen LogP contribution in [0.15, 0.2) is 16.6 Å². The lowest BCUT2D eigenvalue weighted by Crippen LogP contribution is -2.01. The van der Waals surface area contributed by atoms with Crippen LogP contribution >= 0.6 is 11.8 Å². The number of allylic oxidation sites excluding steroid dienone is 1. The third-order valence-electron chi connectivity index (χ3n) is 1.07. The second kappa shape index (κ2) is 2.22. The molecule has 0 saturated heterocycles. The van der Waals surface area contributed by atoms with Gasteiger partial charge in [-0.05, 0) is 5.41 Å². The van der Waals surface area contributed by atoms with E-state index < -0.39 is 0 Å². The Balaban J connectivity index is 2.64. The van der Waals surface area contributed by atoms with Crippen LogP contribution in [0.5, 0.6) is 0 Å². The van der Waals surface area contributed by atoms with Crippen LogP contribution in [0.3, 0.4) is 0 Å². The van der Waals surface area contributed by atoms with Gasteiger partial charge in [-0.15, -0.1) is 0 Å². The van der Waals surface area contributed by atoms with Crippen LogP contribution in [0.25, 0.3) is 0 Å². The molecule has 0 bridgehead atoms. The maximum absolute atomic E-state index is 5.05. The van der Waals surface area contributed by atoms with E-state index in [0.717, 1.165) is 5.04 Å². The largest absolute Gasteiger partial charge is 0.322 e. The molecule has 0 saturated carbocycles. The summed E-state index contributed by atoms with van der Waals surface area (Å²) in [5, 5.41) is 6.60. The number of hydrazone groups is 1. The Bertz CT molecular complexity index is 139. The summed E-state index contributed by atoms with van der Waals surface area (Å²) >= 11 is 1.59. The van der Waals surface area contributed by atoms with E-state index in [1.165, 1.54) is 0 Å². The number of rotatable bonds is 0. The maximum atomic E-state index is 5.05. The van der Waals surface area contributed by atoms with Crippen molar-refractivity contribution in [1.29, 1.82) is 0 Å². The Morgan fingerprint density at radius 2 is 2.62 bits per heavy atom. The molecule has 2 nitrogen and oxygen atoms in total. The summed E-state index contributed by atoms with van der Waals surface area (Å²) in [6, 6.07) is 0. The summed E-state index contributed by atoms with van der Waals surface area (Å²) in [6.45, 7) is 2.07. The van der Waals surface area contributed by atoms with Crippen molar-refractivity contribution in [3.8, 4) is 0 Å². The molecule has 8 heavy (non-hydrogen) atoms. The molecule has 0 aromatic heterocycles. The molecule has 2 N–H and O–H groups in total. The summed E-state index contributed by atoms with van der Waals surface area (Å²) in [7, 11) is 0. The molecule has 0 aromatic rings. The van der Waals surface area contributed by atoms with Gasteiger partial charge >= 0.3 is 0 Å².